The lowest BCUT2D eigenvalue weighted by atomic mass is 9.90. The zero-order chi connectivity index (χ0) is 20.5. The quantitative estimate of drug-likeness (QED) is 0.750. The van der Waals surface area contributed by atoms with Crippen molar-refractivity contribution in [3.05, 3.63) is 59.5 Å². The average molecular weight is 383 g/mol. The smallest absolute Gasteiger partial charge is 0.325 e. The Morgan fingerprint density at radius 2 is 1.86 bits per heavy atom. The van der Waals surface area contributed by atoms with Crippen LogP contribution in [0.3, 0.4) is 0 Å². The zero-order valence-electron chi connectivity index (χ0n) is 16.5. The van der Waals surface area contributed by atoms with Crippen molar-refractivity contribution in [2.75, 3.05) is 6.54 Å². The number of furan rings is 1. The van der Waals surface area contributed by atoms with E-state index in [-0.39, 0.29) is 12.6 Å². The molecule has 2 atom stereocenters. The molecule has 0 bridgehead atoms. The maximum atomic E-state index is 13.0. The number of carbonyl (C=O) groups is 3. The summed E-state index contributed by atoms with van der Waals surface area (Å²) < 4.78 is 5.25. The predicted molar refractivity (Wildman–Crippen MR) is 103 cm³/mol. The van der Waals surface area contributed by atoms with Crippen LogP contribution in [0.4, 0.5) is 4.79 Å². The van der Waals surface area contributed by atoms with Gasteiger partial charge in [0.1, 0.15) is 17.8 Å². The molecule has 2 N–H and O–H groups in total. The highest BCUT2D eigenvalue weighted by molar-refractivity contribution is 6.09. The van der Waals surface area contributed by atoms with E-state index in [4.69, 9.17) is 4.42 Å². The summed E-state index contributed by atoms with van der Waals surface area (Å²) in [6.45, 7) is 7.24. The lowest BCUT2D eigenvalue weighted by molar-refractivity contribution is -0.135. The Balaban J connectivity index is 1.71. The number of hydrogen-bond acceptors (Lipinski definition) is 4. The van der Waals surface area contributed by atoms with Gasteiger partial charge in [-0.3, -0.25) is 14.5 Å². The average Bonchev–Trinajstić information content (AvgIpc) is 3.26. The normalized spacial score (nSPS) is 20.4. The molecule has 2 aromatic rings. The number of nitrogens with zero attached hydrogens (tertiary/aromatic N) is 1. The molecule has 2 heterocycles. The van der Waals surface area contributed by atoms with Crippen molar-refractivity contribution in [2.45, 2.75) is 45.2 Å². The Bertz CT molecular complexity index is 874. The van der Waals surface area contributed by atoms with Crippen molar-refractivity contribution in [1.29, 1.82) is 0 Å². The first-order valence-corrected chi connectivity index (χ1v) is 9.29. The van der Waals surface area contributed by atoms with Crippen molar-refractivity contribution in [3.8, 4) is 0 Å². The fraction of sp³-hybridized carbons (Fsp3) is 0.381. The van der Waals surface area contributed by atoms with Crippen LogP contribution in [0.25, 0.3) is 0 Å². The van der Waals surface area contributed by atoms with Gasteiger partial charge in [-0.05, 0) is 43.0 Å². The van der Waals surface area contributed by atoms with Crippen molar-refractivity contribution in [1.82, 2.24) is 15.5 Å². The molecule has 1 saturated heterocycles. The second kappa shape index (κ2) is 7.50. The SMILES string of the molecule is CC(C)c1ccc([C@]2(C)NC(=O)N(CC(=O)N[C@@H](C)c3ccco3)C2=O)cc1. The summed E-state index contributed by atoms with van der Waals surface area (Å²) >= 11 is 0. The molecule has 0 aliphatic carbocycles. The predicted octanol–water partition coefficient (Wildman–Crippen LogP) is 3.05. The fourth-order valence-corrected chi connectivity index (χ4v) is 3.28. The molecule has 28 heavy (non-hydrogen) atoms. The summed E-state index contributed by atoms with van der Waals surface area (Å²) in [5.41, 5.74) is 0.633. The number of hydrogen-bond donors (Lipinski definition) is 2. The van der Waals surface area contributed by atoms with Crippen molar-refractivity contribution in [3.63, 3.8) is 0 Å². The summed E-state index contributed by atoms with van der Waals surface area (Å²) in [6.07, 6.45) is 1.52. The van der Waals surface area contributed by atoms with E-state index >= 15 is 0 Å². The van der Waals surface area contributed by atoms with E-state index in [1.54, 1.807) is 26.0 Å². The van der Waals surface area contributed by atoms with Crippen LogP contribution in [0.15, 0.2) is 47.1 Å². The molecule has 0 unspecified atom stereocenters. The van der Waals surface area contributed by atoms with E-state index in [2.05, 4.69) is 24.5 Å². The molecule has 0 saturated carbocycles. The Morgan fingerprint density at radius 1 is 1.18 bits per heavy atom. The van der Waals surface area contributed by atoms with Gasteiger partial charge in [0, 0.05) is 0 Å². The third kappa shape index (κ3) is 3.65. The minimum absolute atomic E-state index is 0.352. The molecule has 0 spiro atoms. The van der Waals surface area contributed by atoms with Crippen LogP contribution in [0.5, 0.6) is 0 Å². The zero-order valence-corrected chi connectivity index (χ0v) is 16.5. The molecule has 1 aromatic carbocycles. The van der Waals surface area contributed by atoms with E-state index in [1.807, 2.05) is 24.3 Å². The second-order valence-electron chi connectivity index (χ2n) is 7.53. The fourth-order valence-electron chi connectivity index (χ4n) is 3.28. The van der Waals surface area contributed by atoms with E-state index in [1.165, 1.54) is 6.26 Å². The number of carbonyl (C=O) groups excluding carboxylic acids is 3. The van der Waals surface area contributed by atoms with Gasteiger partial charge in [-0.2, -0.15) is 0 Å². The first-order chi connectivity index (χ1) is 13.2. The third-order valence-electron chi connectivity index (χ3n) is 5.08. The summed E-state index contributed by atoms with van der Waals surface area (Å²) in [5, 5.41) is 5.45. The Kier molecular flexibility index (Phi) is 5.27. The largest absolute Gasteiger partial charge is 0.467 e. The Morgan fingerprint density at radius 3 is 2.43 bits per heavy atom. The standard InChI is InChI=1S/C21H25N3O4/c1-13(2)15-7-9-16(10-8-15)21(4)19(26)24(20(27)23-21)12-18(25)22-14(3)17-6-5-11-28-17/h5-11,13-14H,12H2,1-4H3,(H,22,25)(H,23,27)/t14-,21-/m0/s1. The second-order valence-corrected chi connectivity index (χ2v) is 7.53. The maximum absolute atomic E-state index is 13.0. The number of rotatable bonds is 6. The molecule has 7 nitrogen and oxygen atoms in total. The van der Waals surface area contributed by atoms with Gasteiger partial charge in [0.25, 0.3) is 5.91 Å². The monoisotopic (exact) mass is 383 g/mol. The number of imide groups is 1. The molecule has 1 aromatic heterocycles. The van der Waals surface area contributed by atoms with Crippen LogP contribution < -0.4 is 10.6 Å². The van der Waals surface area contributed by atoms with E-state index in [0.29, 0.717) is 17.2 Å². The number of nitrogens with one attached hydrogen (secondary N) is 2. The minimum Gasteiger partial charge on any atom is -0.467 e. The van der Waals surface area contributed by atoms with Crippen LogP contribution in [0.2, 0.25) is 0 Å². The first kappa shape index (κ1) is 19.7. The molecule has 1 aliphatic heterocycles. The summed E-state index contributed by atoms with van der Waals surface area (Å²) in [5.74, 6) is 0.0788. The highest BCUT2D eigenvalue weighted by Crippen LogP contribution is 2.30. The number of amides is 4. The van der Waals surface area contributed by atoms with E-state index in [0.717, 1.165) is 10.5 Å². The number of urea groups is 1. The molecule has 7 heteroatoms. The van der Waals surface area contributed by atoms with Crippen molar-refractivity contribution in [2.24, 2.45) is 0 Å². The van der Waals surface area contributed by atoms with Crippen molar-refractivity contribution < 1.29 is 18.8 Å². The van der Waals surface area contributed by atoms with Crippen molar-refractivity contribution >= 4 is 17.8 Å². The van der Waals surface area contributed by atoms with Gasteiger partial charge < -0.3 is 15.1 Å². The maximum Gasteiger partial charge on any atom is 0.325 e. The first-order valence-electron chi connectivity index (χ1n) is 9.29. The minimum atomic E-state index is -1.19. The van der Waals surface area contributed by atoms with Crippen LogP contribution >= 0.6 is 0 Å². The topological polar surface area (TPSA) is 91.7 Å². The molecule has 148 valence electrons. The molecule has 4 amide bonds. The van der Waals surface area contributed by atoms with Gasteiger partial charge in [-0.25, -0.2) is 4.79 Å². The van der Waals surface area contributed by atoms with Gasteiger partial charge in [-0.15, -0.1) is 0 Å². The van der Waals surface area contributed by atoms with E-state index in [9.17, 15) is 14.4 Å². The van der Waals surface area contributed by atoms with Gasteiger partial charge in [-0.1, -0.05) is 38.1 Å². The molecular weight excluding hydrogens is 358 g/mol. The number of benzene rings is 1. The van der Waals surface area contributed by atoms with Gasteiger partial charge in [0.05, 0.1) is 12.3 Å². The van der Waals surface area contributed by atoms with Crippen LogP contribution in [0.1, 0.15) is 56.5 Å². The Hall–Kier alpha value is -3.09. The summed E-state index contributed by atoms with van der Waals surface area (Å²) in [6, 6.07) is 10.1. The van der Waals surface area contributed by atoms with Crippen LogP contribution in [-0.4, -0.2) is 29.3 Å². The van der Waals surface area contributed by atoms with Crippen LogP contribution in [0, 0.1) is 0 Å². The van der Waals surface area contributed by atoms with Gasteiger partial charge in [0.2, 0.25) is 5.91 Å². The molecule has 1 aliphatic rings. The summed E-state index contributed by atoms with van der Waals surface area (Å²) in [7, 11) is 0. The van der Waals surface area contributed by atoms with Gasteiger partial charge in [0.15, 0.2) is 0 Å². The lowest BCUT2D eigenvalue weighted by Gasteiger charge is -2.23. The molecule has 3 rings (SSSR count). The highest BCUT2D eigenvalue weighted by Gasteiger charge is 2.49. The summed E-state index contributed by atoms with van der Waals surface area (Å²) in [4.78, 5) is 38.6. The molecular formula is C21H25N3O4. The lowest BCUT2D eigenvalue weighted by Crippen LogP contribution is -2.43. The van der Waals surface area contributed by atoms with E-state index < -0.39 is 23.4 Å². The molecule has 0 radical (unpaired) electrons. The Labute approximate surface area is 164 Å². The third-order valence-corrected chi connectivity index (χ3v) is 5.08. The van der Waals surface area contributed by atoms with Crippen LogP contribution in [-0.2, 0) is 15.1 Å². The van der Waals surface area contributed by atoms with Gasteiger partial charge >= 0.3 is 6.03 Å². The molecule has 1 fully saturated rings. The highest BCUT2D eigenvalue weighted by atomic mass is 16.3.